The summed E-state index contributed by atoms with van der Waals surface area (Å²) in [6.07, 6.45) is 1.76. The van der Waals surface area contributed by atoms with Crippen LogP contribution in [0.3, 0.4) is 0 Å². The van der Waals surface area contributed by atoms with Gasteiger partial charge in [-0.15, -0.1) is 11.8 Å². The van der Waals surface area contributed by atoms with Gasteiger partial charge in [-0.1, -0.05) is 17.8 Å². The number of aromatic nitrogens is 2. The van der Waals surface area contributed by atoms with Crippen molar-refractivity contribution >= 4 is 29.5 Å². The topological polar surface area (TPSA) is 75.6 Å². The molecule has 2 rings (SSSR count). The first-order valence-electron chi connectivity index (χ1n) is 5.74. The van der Waals surface area contributed by atoms with Crippen LogP contribution >= 0.6 is 23.5 Å². The number of nitrogens with zero attached hydrogens (tertiary/aromatic N) is 3. The Labute approximate surface area is 128 Å². The van der Waals surface area contributed by atoms with Gasteiger partial charge in [0.25, 0.3) is 0 Å². The van der Waals surface area contributed by atoms with Gasteiger partial charge in [-0.3, -0.25) is 0 Å². The second-order valence-electron chi connectivity index (χ2n) is 3.87. The summed E-state index contributed by atoms with van der Waals surface area (Å²) in [6.45, 7) is 0. The van der Waals surface area contributed by atoms with E-state index in [2.05, 4.69) is 9.97 Å². The zero-order valence-corrected chi connectivity index (χ0v) is 12.6. The molecule has 0 saturated heterocycles. The van der Waals surface area contributed by atoms with E-state index in [1.807, 2.05) is 6.07 Å². The van der Waals surface area contributed by atoms with Gasteiger partial charge in [0, 0.05) is 11.3 Å². The number of hydrogen-bond donors (Lipinski definition) is 1. The summed E-state index contributed by atoms with van der Waals surface area (Å²) >= 11 is 2.31. The third-order valence-electron chi connectivity index (χ3n) is 2.58. The number of nitrogens with two attached hydrogens (primary N) is 1. The monoisotopic (exact) mass is 324 g/mol. The molecule has 8 heteroatoms. The van der Waals surface area contributed by atoms with Crippen LogP contribution < -0.4 is 5.73 Å². The Kier molecular flexibility index (Phi) is 4.98. The van der Waals surface area contributed by atoms with E-state index >= 15 is 0 Å². The van der Waals surface area contributed by atoms with Gasteiger partial charge in [-0.2, -0.15) is 5.26 Å². The first kappa shape index (κ1) is 15.5. The van der Waals surface area contributed by atoms with Gasteiger partial charge in [0.05, 0.1) is 0 Å². The fourth-order valence-electron chi connectivity index (χ4n) is 1.59. The highest BCUT2D eigenvalue weighted by Gasteiger charge is 2.15. The second-order valence-corrected chi connectivity index (χ2v) is 5.63. The molecular weight excluding hydrogens is 314 g/mol. The van der Waals surface area contributed by atoms with Crippen LogP contribution in [0, 0.1) is 23.0 Å². The molecular formula is C13H10F2N4S2. The molecule has 0 aliphatic carbocycles. The van der Waals surface area contributed by atoms with E-state index < -0.39 is 11.6 Å². The third kappa shape index (κ3) is 3.43. The molecule has 108 valence electrons. The highest BCUT2D eigenvalue weighted by molar-refractivity contribution is 7.99. The van der Waals surface area contributed by atoms with Gasteiger partial charge < -0.3 is 5.73 Å². The van der Waals surface area contributed by atoms with Crippen LogP contribution in [0.25, 0.3) is 0 Å². The summed E-state index contributed by atoms with van der Waals surface area (Å²) in [5.41, 5.74) is 5.78. The van der Waals surface area contributed by atoms with Crippen molar-refractivity contribution in [3.05, 3.63) is 41.0 Å². The van der Waals surface area contributed by atoms with Crippen molar-refractivity contribution in [3.8, 4) is 6.07 Å². The van der Waals surface area contributed by atoms with Gasteiger partial charge in [0.1, 0.15) is 33.3 Å². The molecule has 0 fully saturated rings. The van der Waals surface area contributed by atoms with E-state index in [0.29, 0.717) is 10.1 Å². The van der Waals surface area contributed by atoms with Crippen LogP contribution in [0.2, 0.25) is 0 Å². The molecule has 0 amide bonds. The molecule has 0 bridgehead atoms. The lowest BCUT2D eigenvalue weighted by Crippen LogP contribution is -2.02. The van der Waals surface area contributed by atoms with Crippen molar-refractivity contribution in [3.63, 3.8) is 0 Å². The minimum atomic E-state index is -0.631. The van der Waals surface area contributed by atoms with Crippen LogP contribution in [-0.2, 0) is 5.75 Å². The molecule has 0 spiro atoms. The summed E-state index contributed by atoms with van der Waals surface area (Å²) < 4.78 is 27.2. The Balaban J connectivity index is 2.32. The quantitative estimate of drug-likeness (QED) is 0.687. The van der Waals surface area contributed by atoms with Crippen LogP contribution in [0.4, 0.5) is 14.7 Å². The molecule has 2 aromatic rings. The van der Waals surface area contributed by atoms with E-state index in [1.165, 1.54) is 30.0 Å². The summed E-state index contributed by atoms with van der Waals surface area (Å²) in [5, 5.41) is 9.94. The molecule has 1 heterocycles. The fraction of sp³-hybridized carbons (Fsp3) is 0.154. The second kappa shape index (κ2) is 6.74. The highest BCUT2D eigenvalue weighted by Crippen LogP contribution is 2.31. The molecule has 21 heavy (non-hydrogen) atoms. The van der Waals surface area contributed by atoms with Crippen LogP contribution in [0.5, 0.6) is 0 Å². The van der Waals surface area contributed by atoms with Gasteiger partial charge in [0.15, 0.2) is 0 Å². The molecule has 0 aliphatic heterocycles. The smallest absolute Gasteiger partial charge is 0.222 e. The average molecular weight is 324 g/mol. The number of rotatable bonds is 4. The van der Waals surface area contributed by atoms with Crippen molar-refractivity contribution in [2.45, 2.75) is 15.8 Å². The number of benzene rings is 1. The Morgan fingerprint density at radius 2 is 1.86 bits per heavy atom. The zero-order chi connectivity index (χ0) is 15.4. The first-order chi connectivity index (χ1) is 10.1. The number of thioether (sulfide) groups is 2. The zero-order valence-electron chi connectivity index (χ0n) is 10.9. The lowest BCUT2D eigenvalue weighted by molar-refractivity contribution is 0.566. The van der Waals surface area contributed by atoms with Crippen molar-refractivity contribution in [1.82, 2.24) is 9.97 Å². The average Bonchev–Trinajstić information content (AvgIpc) is 2.46. The van der Waals surface area contributed by atoms with Crippen molar-refractivity contribution in [1.29, 1.82) is 5.26 Å². The Hall–Kier alpha value is -1.85. The van der Waals surface area contributed by atoms with E-state index in [9.17, 15) is 14.0 Å². The number of hydrogen-bond acceptors (Lipinski definition) is 6. The van der Waals surface area contributed by atoms with Gasteiger partial charge in [0.2, 0.25) is 5.95 Å². The van der Waals surface area contributed by atoms with Gasteiger partial charge in [-0.05, 0) is 18.4 Å². The molecule has 0 radical (unpaired) electrons. The van der Waals surface area contributed by atoms with Gasteiger partial charge >= 0.3 is 0 Å². The van der Waals surface area contributed by atoms with Crippen molar-refractivity contribution in [2.75, 3.05) is 12.0 Å². The van der Waals surface area contributed by atoms with E-state index in [0.717, 1.165) is 11.8 Å². The number of anilines is 1. The summed E-state index contributed by atoms with van der Waals surface area (Å²) in [5.74, 6) is -1.23. The largest absolute Gasteiger partial charge is 0.368 e. The maximum Gasteiger partial charge on any atom is 0.222 e. The maximum absolute atomic E-state index is 13.6. The third-order valence-corrected chi connectivity index (χ3v) is 4.26. The molecule has 1 aromatic heterocycles. The van der Waals surface area contributed by atoms with Crippen LogP contribution in [-0.4, -0.2) is 16.2 Å². The lowest BCUT2D eigenvalue weighted by Gasteiger charge is -2.08. The van der Waals surface area contributed by atoms with E-state index in [-0.39, 0.29) is 22.8 Å². The molecule has 0 unspecified atom stereocenters. The number of halogens is 2. The summed E-state index contributed by atoms with van der Waals surface area (Å²) in [7, 11) is 0. The molecule has 4 nitrogen and oxygen atoms in total. The van der Waals surface area contributed by atoms with Crippen molar-refractivity contribution in [2.24, 2.45) is 0 Å². The van der Waals surface area contributed by atoms with Crippen LogP contribution in [0.1, 0.15) is 11.1 Å². The van der Waals surface area contributed by atoms with Gasteiger partial charge in [-0.25, -0.2) is 18.7 Å². The summed E-state index contributed by atoms with van der Waals surface area (Å²) in [4.78, 5) is 7.93. The molecule has 0 saturated carbocycles. The van der Waals surface area contributed by atoms with E-state index in [1.54, 1.807) is 6.26 Å². The maximum atomic E-state index is 13.6. The predicted molar refractivity (Wildman–Crippen MR) is 78.9 cm³/mol. The minimum absolute atomic E-state index is 0.0114. The minimum Gasteiger partial charge on any atom is -0.368 e. The molecule has 0 aliphatic rings. The normalized spacial score (nSPS) is 10.4. The van der Waals surface area contributed by atoms with E-state index in [4.69, 9.17) is 5.73 Å². The molecule has 1 aromatic carbocycles. The lowest BCUT2D eigenvalue weighted by atomic mass is 10.2. The molecule has 2 N–H and O–H groups in total. The fourth-order valence-corrected chi connectivity index (χ4v) is 3.19. The SMILES string of the molecule is CSc1nc(N)nc(SCc2c(F)cccc2F)c1C#N. The Morgan fingerprint density at radius 1 is 1.24 bits per heavy atom. The Morgan fingerprint density at radius 3 is 2.43 bits per heavy atom. The number of nitrogen functional groups attached to an aromatic ring is 1. The summed E-state index contributed by atoms with van der Waals surface area (Å²) in [6, 6.07) is 5.67. The predicted octanol–water partition coefficient (Wildman–Crippen LogP) is 3.22. The number of nitriles is 1. The molecule has 0 atom stereocenters. The first-order valence-corrected chi connectivity index (χ1v) is 7.95. The highest BCUT2D eigenvalue weighted by atomic mass is 32.2. The Bertz CT molecular complexity index is 696. The standard InChI is InChI=1S/C13H10F2N4S2/c1-20-11-7(5-16)12(19-13(17)18-11)21-6-8-9(14)3-2-4-10(8)15/h2-4H,6H2,1H3,(H2,17,18,19). The van der Waals surface area contributed by atoms with Crippen LogP contribution in [0.15, 0.2) is 28.3 Å². The van der Waals surface area contributed by atoms with Crippen molar-refractivity contribution < 1.29 is 8.78 Å².